The molecule has 6 heteroatoms. The second-order valence-corrected chi connectivity index (χ2v) is 7.80. The van der Waals surface area contributed by atoms with Crippen molar-refractivity contribution in [2.75, 3.05) is 16.8 Å². The van der Waals surface area contributed by atoms with Crippen molar-refractivity contribution in [1.82, 2.24) is 0 Å². The first-order valence-electron chi connectivity index (χ1n) is 7.12. The van der Waals surface area contributed by atoms with Crippen LogP contribution in [0.25, 0.3) is 0 Å². The number of nitrogens with two attached hydrogens (primary N) is 1. The van der Waals surface area contributed by atoms with Crippen LogP contribution in [-0.4, -0.2) is 25.8 Å². The number of rotatable bonds is 8. The lowest BCUT2D eigenvalue weighted by Gasteiger charge is -2.10. The van der Waals surface area contributed by atoms with Crippen LogP contribution < -0.4 is 11.1 Å². The van der Waals surface area contributed by atoms with Crippen LogP contribution in [0.4, 0.5) is 5.69 Å². The van der Waals surface area contributed by atoms with E-state index in [1.807, 2.05) is 26.0 Å². The molecule has 118 valence electrons. The number of nitrogens with one attached hydrogen (secondary N) is 1. The Hall–Kier alpha value is -1.40. The first-order valence-corrected chi connectivity index (χ1v) is 8.94. The Kier molecular flexibility index (Phi) is 6.84. The fourth-order valence-corrected chi connectivity index (χ4v) is 3.33. The number of anilines is 1. The molecule has 0 spiro atoms. The molecule has 0 bridgehead atoms. The van der Waals surface area contributed by atoms with Gasteiger partial charge < -0.3 is 11.1 Å². The molecule has 0 aliphatic carbocycles. The molecule has 3 N–H and O–H groups in total. The van der Waals surface area contributed by atoms with Gasteiger partial charge in [-0.3, -0.25) is 4.79 Å². The lowest BCUT2D eigenvalue weighted by Crippen LogP contribution is -2.20. The third kappa shape index (κ3) is 6.73. The molecule has 21 heavy (non-hydrogen) atoms. The summed E-state index contributed by atoms with van der Waals surface area (Å²) in [6, 6.07) is 7.23. The van der Waals surface area contributed by atoms with E-state index >= 15 is 0 Å². The summed E-state index contributed by atoms with van der Waals surface area (Å²) in [6.07, 6.45) is 0.597. The van der Waals surface area contributed by atoms with Gasteiger partial charge in [-0.1, -0.05) is 32.0 Å². The molecular weight excluding hydrogens is 288 g/mol. The van der Waals surface area contributed by atoms with Crippen molar-refractivity contribution in [3.63, 3.8) is 0 Å². The SMILES string of the molecule is CC(C)CCS(=O)(=O)CCC(=O)Nc1ccccc1CN. The van der Waals surface area contributed by atoms with Crippen LogP contribution in [0, 0.1) is 5.92 Å². The summed E-state index contributed by atoms with van der Waals surface area (Å²) in [4.78, 5) is 11.8. The van der Waals surface area contributed by atoms with Crippen LogP contribution in [-0.2, 0) is 21.2 Å². The zero-order valence-corrected chi connectivity index (χ0v) is 13.4. The molecule has 1 rings (SSSR count). The molecule has 0 unspecified atom stereocenters. The zero-order chi connectivity index (χ0) is 15.9. The maximum Gasteiger partial charge on any atom is 0.225 e. The van der Waals surface area contributed by atoms with Crippen LogP contribution in [0.2, 0.25) is 0 Å². The van der Waals surface area contributed by atoms with Crippen LogP contribution in [0.3, 0.4) is 0 Å². The average molecular weight is 312 g/mol. The first kappa shape index (κ1) is 17.7. The molecular formula is C15H24N2O3S. The first-order chi connectivity index (χ1) is 9.84. The molecule has 0 saturated carbocycles. The van der Waals surface area contributed by atoms with E-state index in [4.69, 9.17) is 5.73 Å². The van der Waals surface area contributed by atoms with Gasteiger partial charge >= 0.3 is 0 Å². The van der Waals surface area contributed by atoms with Gasteiger partial charge in [0.05, 0.1) is 11.5 Å². The van der Waals surface area contributed by atoms with Gasteiger partial charge in [0.2, 0.25) is 5.91 Å². The number of para-hydroxylation sites is 1. The zero-order valence-electron chi connectivity index (χ0n) is 12.6. The number of carbonyl (C=O) groups excluding carboxylic acids is 1. The van der Waals surface area contributed by atoms with E-state index in [1.165, 1.54) is 0 Å². The molecule has 0 aromatic heterocycles. The molecule has 0 aliphatic rings. The number of hydrogen-bond donors (Lipinski definition) is 2. The lowest BCUT2D eigenvalue weighted by atomic mass is 10.2. The lowest BCUT2D eigenvalue weighted by molar-refractivity contribution is -0.115. The van der Waals surface area contributed by atoms with Gasteiger partial charge in [0.1, 0.15) is 0 Å². The second-order valence-electron chi connectivity index (χ2n) is 5.49. The largest absolute Gasteiger partial charge is 0.326 e. The fourth-order valence-electron chi connectivity index (χ4n) is 1.80. The molecule has 0 fully saturated rings. The summed E-state index contributed by atoms with van der Waals surface area (Å²) in [5.74, 6) is 0.0577. The molecule has 0 aliphatic heterocycles. The Morgan fingerprint density at radius 2 is 1.90 bits per heavy atom. The summed E-state index contributed by atoms with van der Waals surface area (Å²) in [5.41, 5.74) is 7.06. The van der Waals surface area contributed by atoms with Gasteiger partial charge in [-0.25, -0.2) is 8.42 Å². The Labute approximate surface area is 126 Å². The van der Waals surface area contributed by atoms with Gasteiger partial charge in [-0.2, -0.15) is 0 Å². The summed E-state index contributed by atoms with van der Waals surface area (Å²) >= 11 is 0. The van der Waals surface area contributed by atoms with Crippen LogP contribution >= 0.6 is 0 Å². The summed E-state index contributed by atoms with van der Waals surface area (Å²) in [6.45, 7) is 4.28. The highest BCUT2D eigenvalue weighted by Crippen LogP contribution is 2.14. The Morgan fingerprint density at radius 3 is 2.52 bits per heavy atom. The number of amides is 1. The maximum atomic E-state index is 11.8. The standard InChI is InChI=1S/C15H24N2O3S/c1-12(2)7-9-21(19,20)10-8-15(18)17-14-6-4-3-5-13(14)11-16/h3-6,12H,7-11,16H2,1-2H3,(H,17,18). The van der Waals surface area contributed by atoms with Crippen LogP contribution in [0.15, 0.2) is 24.3 Å². The van der Waals surface area contributed by atoms with E-state index in [0.29, 0.717) is 24.6 Å². The van der Waals surface area contributed by atoms with Gasteiger partial charge in [-0.15, -0.1) is 0 Å². The Balaban J connectivity index is 2.51. The Bertz CT molecular complexity index is 568. The van der Waals surface area contributed by atoms with Crippen molar-refractivity contribution in [1.29, 1.82) is 0 Å². The van der Waals surface area contributed by atoms with E-state index < -0.39 is 9.84 Å². The Morgan fingerprint density at radius 1 is 1.24 bits per heavy atom. The minimum Gasteiger partial charge on any atom is -0.326 e. The molecule has 0 radical (unpaired) electrons. The van der Waals surface area contributed by atoms with E-state index in [-0.39, 0.29) is 23.8 Å². The second kappa shape index (κ2) is 8.14. The van der Waals surface area contributed by atoms with Crippen molar-refractivity contribution >= 4 is 21.4 Å². The van der Waals surface area contributed by atoms with E-state index in [2.05, 4.69) is 5.32 Å². The van der Waals surface area contributed by atoms with Crippen molar-refractivity contribution < 1.29 is 13.2 Å². The molecule has 1 aromatic carbocycles. The topological polar surface area (TPSA) is 89.3 Å². The van der Waals surface area contributed by atoms with E-state index in [0.717, 1.165) is 5.56 Å². The third-order valence-electron chi connectivity index (χ3n) is 3.16. The smallest absolute Gasteiger partial charge is 0.225 e. The van der Waals surface area contributed by atoms with E-state index in [9.17, 15) is 13.2 Å². The molecule has 0 saturated heterocycles. The van der Waals surface area contributed by atoms with Crippen molar-refractivity contribution in [2.45, 2.75) is 33.2 Å². The minimum absolute atomic E-state index is 0.0284. The quantitative estimate of drug-likeness (QED) is 0.767. The molecule has 0 heterocycles. The predicted molar refractivity (Wildman–Crippen MR) is 85.7 cm³/mol. The number of carbonyl (C=O) groups is 1. The van der Waals surface area contributed by atoms with Gasteiger partial charge in [0.25, 0.3) is 0 Å². The van der Waals surface area contributed by atoms with Gasteiger partial charge in [0.15, 0.2) is 9.84 Å². The highest BCUT2D eigenvalue weighted by atomic mass is 32.2. The van der Waals surface area contributed by atoms with Gasteiger partial charge in [-0.05, 0) is 24.0 Å². The molecule has 0 atom stereocenters. The van der Waals surface area contributed by atoms with Crippen LogP contribution in [0.1, 0.15) is 32.3 Å². The average Bonchev–Trinajstić information content (AvgIpc) is 2.44. The van der Waals surface area contributed by atoms with Crippen LogP contribution in [0.5, 0.6) is 0 Å². The maximum absolute atomic E-state index is 11.8. The summed E-state index contributed by atoms with van der Waals surface area (Å²) < 4.78 is 23.6. The number of benzene rings is 1. The normalized spacial score (nSPS) is 11.6. The fraction of sp³-hybridized carbons (Fsp3) is 0.533. The molecule has 1 aromatic rings. The van der Waals surface area contributed by atoms with Crippen molar-refractivity contribution in [3.05, 3.63) is 29.8 Å². The van der Waals surface area contributed by atoms with Crippen molar-refractivity contribution in [2.24, 2.45) is 11.7 Å². The highest BCUT2D eigenvalue weighted by Gasteiger charge is 2.15. The summed E-state index contributed by atoms with van der Waals surface area (Å²) in [5, 5.41) is 2.72. The number of sulfone groups is 1. The third-order valence-corrected chi connectivity index (χ3v) is 4.84. The van der Waals surface area contributed by atoms with E-state index in [1.54, 1.807) is 12.1 Å². The highest BCUT2D eigenvalue weighted by molar-refractivity contribution is 7.91. The minimum atomic E-state index is -3.17. The predicted octanol–water partition coefficient (Wildman–Crippen LogP) is 1.93. The molecule has 1 amide bonds. The summed E-state index contributed by atoms with van der Waals surface area (Å²) in [7, 11) is -3.17. The molecule has 5 nitrogen and oxygen atoms in total. The monoisotopic (exact) mass is 312 g/mol. The number of hydrogen-bond acceptors (Lipinski definition) is 4. The van der Waals surface area contributed by atoms with Crippen molar-refractivity contribution in [3.8, 4) is 0 Å². The van der Waals surface area contributed by atoms with Gasteiger partial charge in [0, 0.05) is 18.7 Å².